The lowest BCUT2D eigenvalue weighted by atomic mass is 9.91. The molecule has 0 saturated heterocycles. The zero-order valence-electron chi connectivity index (χ0n) is 11.6. The summed E-state index contributed by atoms with van der Waals surface area (Å²) in [6, 6.07) is 0. The zero-order chi connectivity index (χ0) is 13.1. The molecular formula is C13H27N3O. The van der Waals surface area contributed by atoms with Crippen molar-refractivity contribution in [2.75, 3.05) is 26.7 Å². The van der Waals surface area contributed by atoms with Gasteiger partial charge in [0.2, 0.25) is 5.91 Å². The van der Waals surface area contributed by atoms with Crippen molar-refractivity contribution in [2.24, 2.45) is 17.6 Å². The molecule has 100 valence electrons. The van der Waals surface area contributed by atoms with E-state index in [4.69, 9.17) is 5.73 Å². The maximum Gasteiger partial charge on any atom is 0.239 e. The molecule has 1 saturated carbocycles. The quantitative estimate of drug-likeness (QED) is 0.661. The number of nitrogens with one attached hydrogen (secondary N) is 1. The van der Waals surface area contributed by atoms with Crippen LogP contribution in [0.15, 0.2) is 0 Å². The van der Waals surface area contributed by atoms with E-state index < -0.39 is 5.54 Å². The maximum absolute atomic E-state index is 11.8. The summed E-state index contributed by atoms with van der Waals surface area (Å²) in [5, 5.41) is 3.35. The first-order chi connectivity index (χ1) is 7.92. The number of nitrogens with zero attached hydrogens (tertiary/aromatic N) is 1. The minimum absolute atomic E-state index is 0.197. The fraction of sp³-hybridized carbons (Fsp3) is 0.923. The second-order valence-electron chi connectivity index (χ2n) is 5.73. The number of hydrogen-bond donors (Lipinski definition) is 2. The molecule has 1 unspecified atom stereocenters. The third-order valence-corrected chi connectivity index (χ3v) is 3.40. The molecular weight excluding hydrogens is 214 g/mol. The summed E-state index contributed by atoms with van der Waals surface area (Å²) >= 11 is 0. The first kappa shape index (κ1) is 14.5. The van der Waals surface area contributed by atoms with E-state index in [0.717, 1.165) is 32.5 Å². The smallest absolute Gasteiger partial charge is 0.239 e. The summed E-state index contributed by atoms with van der Waals surface area (Å²) in [6.45, 7) is 8.91. The predicted molar refractivity (Wildman–Crippen MR) is 70.7 cm³/mol. The number of primary amides is 1. The second kappa shape index (κ2) is 5.83. The van der Waals surface area contributed by atoms with Crippen LogP contribution in [0.1, 0.15) is 33.6 Å². The molecule has 0 aromatic carbocycles. The van der Waals surface area contributed by atoms with Crippen molar-refractivity contribution in [2.45, 2.75) is 39.2 Å². The molecule has 4 heteroatoms. The van der Waals surface area contributed by atoms with Gasteiger partial charge in [-0.1, -0.05) is 20.8 Å². The van der Waals surface area contributed by atoms with Gasteiger partial charge in [-0.05, 0) is 38.3 Å². The van der Waals surface area contributed by atoms with Crippen molar-refractivity contribution < 1.29 is 4.79 Å². The van der Waals surface area contributed by atoms with Crippen molar-refractivity contribution in [1.29, 1.82) is 0 Å². The third-order valence-electron chi connectivity index (χ3n) is 3.40. The Labute approximate surface area is 105 Å². The molecule has 17 heavy (non-hydrogen) atoms. The first-order valence-electron chi connectivity index (χ1n) is 6.65. The molecule has 0 aromatic rings. The molecule has 0 aliphatic heterocycles. The Kier molecular flexibility index (Phi) is 4.95. The van der Waals surface area contributed by atoms with E-state index in [9.17, 15) is 4.79 Å². The van der Waals surface area contributed by atoms with Crippen LogP contribution in [0.2, 0.25) is 0 Å². The summed E-state index contributed by atoms with van der Waals surface area (Å²) < 4.78 is 0. The van der Waals surface area contributed by atoms with Gasteiger partial charge in [0.25, 0.3) is 0 Å². The Morgan fingerprint density at radius 1 is 1.53 bits per heavy atom. The van der Waals surface area contributed by atoms with Crippen LogP contribution < -0.4 is 11.1 Å². The fourth-order valence-electron chi connectivity index (χ4n) is 2.70. The molecule has 1 rings (SSSR count). The van der Waals surface area contributed by atoms with Crippen molar-refractivity contribution >= 4 is 5.91 Å². The summed E-state index contributed by atoms with van der Waals surface area (Å²) in [6.07, 6.45) is 2.23. The van der Waals surface area contributed by atoms with Crippen LogP contribution in [0.3, 0.4) is 0 Å². The Balaban J connectivity index is 2.71. The molecule has 1 aliphatic carbocycles. The van der Waals surface area contributed by atoms with Crippen molar-refractivity contribution in [3.63, 3.8) is 0 Å². The van der Waals surface area contributed by atoms with Gasteiger partial charge in [0.05, 0.1) is 0 Å². The van der Waals surface area contributed by atoms with Crippen LogP contribution in [0.4, 0.5) is 0 Å². The number of carbonyl (C=O) groups excluding carboxylic acids is 1. The number of hydrogen-bond acceptors (Lipinski definition) is 3. The van der Waals surface area contributed by atoms with Gasteiger partial charge in [0.15, 0.2) is 0 Å². The molecule has 1 atom stereocenters. The van der Waals surface area contributed by atoms with E-state index in [-0.39, 0.29) is 5.91 Å². The fourth-order valence-corrected chi connectivity index (χ4v) is 2.70. The van der Waals surface area contributed by atoms with Gasteiger partial charge < -0.3 is 16.0 Å². The summed E-state index contributed by atoms with van der Waals surface area (Å²) in [7, 11) is 2.07. The Bertz CT molecular complexity index is 263. The number of rotatable bonds is 8. The average molecular weight is 241 g/mol. The lowest BCUT2D eigenvalue weighted by Crippen LogP contribution is -2.63. The van der Waals surface area contributed by atoms with Crippen LogP contribution in [-0.4, -0.2) is 43.0 Å². The van der Waals surface area contributed by atoms with E-state index in [0.29, 0.717) is 11.8 Å². The molecule has 0 aromatic heterocycles. The topological polar surface area (TPSA) is 58.4 Å². The minimum Gasteiger partial charge on any atom is -0.368 e. The molecule has 4 nitrogen and oxygen atoms in total. The standard InChI is InChI=1S/C13H27N3O/c1-5-15-13(12(14)17,11-6-7-11)9-16(4)8-10(2)3/h10-11,15H,5-9H2,1-4H3,(H2,14,17). The predicted octanol–water partition coefficient (Wildman–Crippen LogP) is 0.818. The van der Waals surface area contributed by atoms with Crippen molar-refractivity contribution in [3.8, 4) is 0 Å². The lowest BCUT2D eigenvalue weighted by Gasteiger charge is -2.36. The highest BCUT2D eigenvalue weighted by Gasteiger charge is 2.49. The highest BCUT2D eigenvalue weighted by molar-refractivity contribution is 5.86. The molecule has 0 radical (unpaired) electrons. The largest absolute Gasteiger partial charge is 0.368 e. The van der Waals surface area contributed by atoms with Crippen LogP contribution in [-0.2, 0) is 4.79 Å². The number of carbonyl (C=O) groups is 1. The highest BCUT2D eigenvalue weighted by Crippen LogP contribution is 2.40. The van der Waals surface area contributed by atoms with Crippen LogP contribution in [0.5, 0.6) is 0 Å². The molecule has 3 N–H and O–H groups in total. The summed E-state index contributed by atoms with van der Waals surface area (Å²) in [5.41, 5.74) is 5.13. The van der Waals surface area contributed by atoms with E-state index in [1.54, 1.807) is 0 Å². The second-order valence-corrected chi connectivity index (χ2v) is 5.73. The summed E-state index contributed by atoms with van der Waals surface area (Å²) in [4.78, 5) is 14.1. The monoisotopic (exact) mass is 241 g/mol. The van der Waals surface area contributed by atoms with Gasteiger partial charge >= 0.3 is 0 Å². The van der Waals surface area contributed by atoms with E-state index in [1.165, 1.54) is 0 Å². The van der Waals surface area contributed by atoms with Crippen LogP contribution in [0, 0.1) is 11.8 Å². The Morgan fingerprint density at radius 2 is 2.12 bits per heavy atom. The van der Waals surface area contributed by atoms with E-state index >= 15 is 0 Å². The Hall–Kier alpha value is -0.610. The van der Waals surface area contributed by atoms with Crippen LogP contribution in [0.25, 0.3) is 0 Å². The Morgan fingerprint density at radius 3 is 2.47 bits per heavy atom. The molecule has 1 amide bonds. The van der Waals surface area contributed by atoms with E-state index in [1.807, 2.05) is 6.92 Å². The number of likely N-dealkylation sites (N-methyl/N-ethyl adjacent to an activating group) is 2. The van der Waals surface area contributed by atoms with E-state index in [2.05, 4.69) is 31.1 Å². The van der Waals surface area contributed by atoms with Gasteiger partial charge in [-0.2, -0.15) is 0 Å². The number of nitrogens with two attached hydrogens (primary N) is 1. The molecule has 0 bridgehead atoms. The number of amides is 1. The average Bonchev–Trinajstić information content (AvgIpc) is 2.98. The van der Waals surface area contributed by atoms with Crippen molar-refractivity contribution in [3.05, 3.63) is 0 Å². The van der Waals surface area contributed by atoms with Gasteiger partial charge in [-0.15, -0.1) is 0 Å². The lowest BCUT2D eigenvalue weighted by molar-refractivity contribution is -0.126. The normalized spacial score (nSPS) is 19.6. The molecule has 1 aliphatic rings. The third kappa shape index (κ3) is 3.68. The maximum atomic E-state index is 11.8. The minimum atomic E-state index is -0.515. The molecule has 0 spiro atoms. The van der Waals surface area contributed by atoms with Crippen molar-refractivity contribution in [1.82, 2.24) is 10.2 Å². The van der Waals surface area contributed by atoms with Gasteiger partial charge in [-0.25, -0.2) is 0 Å². The summed E-state index contributed by atoms with van der Waals surface area (Å²) in [5.74, 6) is 0.832. The first-order valence-corrected chi connectivity index (χ1v) is 6.65. The zero-order valence-corrected chi connectivity index (χ0v) is 11.6. The van der Waals surface area contributed by atoms with Gasteiger partial charge in [-0.3, -0.25) is 4.79 Å². The molecule has 1 fully saturated rings. The van der Waals surface area contributed by atoms with Crippen LogP contribution >= 0.6 is 0 Å². The van der Waals surface area contributed by atoms with Gasteiger partial charge in [0.1, 0.15) is 5.54 Å². The highest BCUT2D eigenvalue weighted by atomic mass is 16.1. The SMILES string of the molecule is CCNC(CN(C)CC(C)C)(C(N)=O)C1CC1. The molecule has 0 heterocycles. The van der Waals surface area contributed by atoms with Gasteiger partial charge in [0, 0.05) is 13.1 Å².